The van der Waals surface area contributed by atoms with Gasteiger partial charge in [-0.2, -0.15) is 0 Å². The molecule has 1 atom stereocenters. The zero-order chi connectivity index (χ0) is 14.7. The monoisotopic (exact) mass is 308 g/mol. The van der Waals surface area contributed by atoms with E-state index in [9.17, 15) is 0 Å². The van der Waals surface area contributed by atoms with Crippen LogP contribution in [0.2, 0.25) is 5.02 Å². The first-order chi connectivity index (χ1) is 9.54. The molecule has 1 aliphatic heterocycles. The fourth-order valence-electron chi connectivity index (χ4n) is 2.45. The number of halogens is 1. The average Bonchev–Trinajstić information content (AvgIpc) is 2.54. The predicted molar refractivity (Wildman–Crippen MR) is 89.9 cm³/mol. The summed E-state index contributed by atoms with van der Waals surface area (Å²) >= 11 is 7.91. The van der Waals surface area contributed by atoms with Gasteiger partial charge in [0.05, 0.1) is 6.04 Å². The van der Waals surface area contributed by atoms with Crippen LogP contribution in [0.25, 0.3) is 0 Å². The van der Waals surface area contributed by atoms with Crippen molar-refractivity contribution in [3.8, 4) is 0 Å². The summed E-state index contributed by atoms with van der Waals surface area (Å²) in [6.07, 6.45) is 2.11. The van der Waals surface area contributed by atoms with Gasteiger partial charge in [-0.05, 0) is 54.6 Å². The number of hydrogen-bond acceptors (Lipinski definition) is 3. The molecule has 0 radical (unpaired) electrons. The van der Waals surface area contributed by atoms with Gasteiger partial charge in [-0.1, -0.05) is 23.7 Å². The van der Waals surface area contributed by atoms with Gasteiger partial charge in [0.1, 0.15) is 0 Å². The molecule has 0 aromatic heterocycles. The summed E-state index contributed by atoms with van der Waals surface area (Å²) in [5, 5.41) is 3.97. The van der Waals surface area contributed by atoms with E-state index in [1.807, 2.05) is 30.9 Å². The van der Waals surface area contributed by atoms with Gasteiger partial charge in [0, 0.05) is 24.1 Å². The molecule has 1 unspecified atom stereocenters. The Morgan fingerprint density at radius 1 is 1.30 bits per heavy atom. The maximum absolute atomic E-state index is 6.01. The van der Waals surface area contributed by atoms with Crippen molar-refractivity contribution in [3.05, 3.63) is 57.1 Å². The lowest BCUT2D eigenvalue weighted by Gasteiger charge is -2.28. The van der Waals surface area contributed by atoms with Gasteiger partial charge in [0.2, 0.25) is 0 Å². The Kier molecular flexibility index (Phi) is 5.19. The lowest BCUT2D eigenvalue weighted by molar-refractivity contribution is 0.327. The molecule has 20 heavy (non-hydrogen) atoms. The first-order valence-electron chi connectivity index (χ1n) is 6.68. The van der Waals surface area contributed by atoms with Crippen LogP contribution in [0.15, 0.2) is 46.5 Å². The molecule has 0 bridgehead atoms. The number of likely N-dealkylation sites (N-methyl/N-ethyl adjacent to an activating group) is 1. The zero-order valence-electron chi connectivity index (χ0n) is 12.4. The maximum Gasteiger partial charge on any atom is 0.0623 e. The molecule has 0 fully saturated rings. The van der Waals surface area contributed by atoms with Crippen LogP contribution in [0, 0.1) is 0 Å². The Labute approximate surface area is 130 Å². The van der Waals surface area contributed by atoms with Gasteiger partial charge in [-0.25, -0.2) is 0 Å². The van der Waals surface area contributed by atoms with Crippen LogP contribution in [0.4, 0.5) is 0 Å². The summed E-state index contributed by atoms with van der Waals surface area (Å²) < 4.78 is 0. The van der Waals surface area contributed by atoms with Crippen LogP contribution in [-0.4, -0.2) is 24.9 Å². The van der Waals surface area contributed by atoms with Gasteiger partial charge < -0.3 is 5.32 Å². The molecule has 0 spiro atoms. The van der Waals surface area contributed by atoms with Gasteiger partial charge in [0.15, 0.2) is 0 Å². The number of thioether (sulfide) groups is 1. The fourth-order valence-corrected chi connectivity index (χ4v) is 3.46. The Bertz CT molecular complexity index is 534. The molecular weight excluding hydrogens is 288 g/mol. The molecule has 0 saturated carbocycles. The summed E-state index contributed by atoms with van der Waals surface area (Å²) in [7, 11) is 4.12. The summed E-state index contributed by atoms with van der Waals surface area (Å²) in [4.78, 5) is 3.76. The number of benzene rings is 1. The Morgan fingerprint density at radius 3 is 2.55 bits per heavy atom. The SMILES string of the molecule is CN/C=C1/C(C)=C(C)SCN(C)C1c1ccc(Cl)cc1. The molecule has 0 saturated heterocycles. The largest absolute Gasteiger partial charge is 0.394 e. The highest BCUT2D eigenvalue weighted by Crippen LogP contribution is 2.39. The molecule has 0 aliphatic carbocycles. The maximum atomic E-state index is 6.01. The van der Waals surface area contributed by atoms with E-state index in [1.54, 1.807) is 0 Å². The van der Waals surface area contributed by atoms with Crippen LogP contribution in [0.3, 0.4) is 0 Å². The van der Waals surface area contributed by atoms with E-state index in [2.05, 4.69) is 49.4 Å². The third kappa shape index (κ3) is 3.22. The number of rotatable bonds is 2. The predicted octanol–water partition coefficient (Wildman–Crippen LogP) is 4.41. The van der Waals surface area contributed by atoms with E-state index in [0.717, 1.165) is 10.9 Å². The van der Waals surface area contributed by atoms with E-state index >= 15 is 0 Å². The molecule has 108 valence electrons. The van der Waals surface area contributed by atoms with Crippen molar-refractivity contribution in [2.24, 2.45) is 0 Å². The van der Waals surface area contributed by atoms with Crippen molar-refractivity contribution in [2.45, 2.75) is 19.9 Å². The Hall–Kier alpha value is -0.900. The molecule has 1 aromatic carbocycles. The third-order valence-corrected chi connectivity index (χ3v) is 5.19. The lowest BCUT2D eigenvalue weighted by atomic mass is 9.93. The van der Waals surface area contributed by atoms with Gasteiger partial charge in [0.25, 0.3) is 0 Å². The quantitative estimate of drug-likeness (QED) is 0.871. The average molecular weight is 309 g/mol. The van der Waals surface area contributed by atoms with Crippen molar-refractivity contribution in [3.63, 3.8) is 0 Å². The number of nitrogens with one attached hydrogen (secondary N) is 1. The second kappa shape index (κ2) is 6.70. The van der Waals surface area contributed by atoms with E-state index in [-0.39, 0.29) is 6.04 Å². The highest BCUT2D eigenvalue weighted by Gasteiger charge is 2.26. The number of nitrogens with zero attached hydrogens (tertiary/aromatic N) is 1. The highest BCUT2D eigenvalue weighted by atomic mass is 35.5. The summed E-state index contributed by atoms with van der Waals surface area (Å²) in [6, 6.07) is 8.42. The van der Waals surface area contributed by atoms with Crippen LogP contribution in [-0.2, 0) is 0 Å². The summed E-state index contributed by atoms with van der Waals surface area (Å²) in [5.41, 5.74) is 3.95. The van der Waals surface area contributed by atoms with Gasteiger partial charge in [-0.3, -0.25) is 4.90 Å². The van der Waals surface area contributed by atoms with E-state index < -0.39 is 0 Å². The third-order valence-electron chi connectivity index (χ3n) is 3.67. The lowest BCUT2D eigenvalue weighted by Crippen LogP contribution is -2.25. The molecule has 1 aromatic rings. The summed E-state index contributed by atoms with van der Waals surface area (Å²) in [5.74, 6) is 0.984. The van der Waals surface area contributed by atoms with Crippen molar-refractivity contribution in [1.29, 1.82) is 0 Å². The minimum Gasteiger partial charge on any atom is -0.394 e. The Morgan fingerprint density at radius 2 is 1.95 bits per heavy atom. The highest BCUT2D eigenvalue weighted by molar-refractivity contribution is 8.03. The van der Waals surface area contributed by atoms with Gasteiger partial charge >= 0.3 is 0 Å². The minimum absolute atomic E-state index is 0.254. The molecule has 1 aliphatic rings. The van der Waals surface area contributed by atoms with Crippen LogP contribution < -0.4 is 5.32 Å². The smallest absolute Gasteiger partial charge is 0.0623 e. The molecule has 4 heteroatoms. The molecule has 2 nitrogen and oxygen atoms in total. The first kappa shape index (κ1) is 15.5. The van der Waals surface area contributed by atoms with E-state index in [1.165, 1.54) is 21.6 Å². The van der Waals surface area contributed by atoms with Crippen molar-refractivity contribution in [1.82, 2.24) is 10.2 Å². The van der Waals surface area contributed by atoms with Crippen molar-refractivity contribution < 1.29 is 0 Å². The van der Waals surface area contributed by atoms with Crippen molar-refractivity contribution in [2.75, 3.05) is 20.0 Å². The molecule has 1 N–H and O–H groups in total. The Balaban J connectivity index is 2.50. The normalized spacial score (nSPS) is 23.1. The van der Waals surface area contributed by atoms with E-state index in [0.29, 0.717) is 0 Å². The number of hydrogen-bond donors (Lipinski definition) is 1. The second-order valence-electron chi connectivity index (χ2n) is 5.05. The number of allylic oxidation sites excluding steroid dienone is 1. The molecule has 1 heterocycles. The van der Waals surface area contributed by atoms with Crippen molar-refractivity contribution >= 4 is 23.4 Å². The topological polar surface area (TPSA) is 15.3 Å². The van der Waals surface area contributed by atoms with Crippen LogP contribution in [0.1, 0.15) is 25.5 Å². The molecular formula is C16H21ClN2S. The standard InChI is InChI=1S/C16H21ClN2S/c1-11-12(2)20-10-19(4)16(15(11)9-18-3)13-5-7-14(17)8-6-13/h5-9,16,18H,10H2,1-4H3/b15-9-. The van der Waals surface area contributed by atoms with Gasteiger partial charge in [-0.15, -0.1) is 11.8 Å². The minimum atomic E-state index is 0.254. The summed E-state index contributed by atoms with van der Waals surface area (Å²) in [6.45, 7) is 4.40. The fraction of sp³-hybridized carbons (Fsp3) is 0.375. The van der Waals surface area contributed by atoms with Crippen LogP contribution in [0.5, 0.6) is 0 Å². The van der Waals surface area contributed by atoms with Crippen LogP contribution >= 0.6 is 23.4 Å². The second-order valence-corrected chi connectivity index (χ2v) is 6.65. The molecule has 2 rings (SSSR count). The molecule has 0 amide bonds. The first-order valence-corrected chi connectivity index (χ1v) is 8.04. The zero-order valence-corrected chi connectivity index (χ0v) is 14.0. The van der Waals surface area contributed by atoms with E-state index in [4.69, 9.17) is 11.6 Å².